The Kier molecular flexibility index (Phi) is 7.56. The molecule has 1 aliphatic heterocycles. The lowest BCUT2D eigenvalue weighted by Crippen LogP contribution is -2.57. The van der Waals surface area contributed by atoms with E-state index >= 15 is 0 Å². The van der Waals surface area contributed by atoms with Crippen LogP contribution in [-0.2, 0) is 14.6 Å². The summed E-state index contributed by atoms with van der Waals surface area (Å²) in [4.78, 5) is 42.5. The second-order valence-corrected chi connectivity index (χ2v) is 11.7. The lowest BCUT2D eigenvalue weighted by Gasteiger charge is -2.36. The second-order valence-electron chi connectivity index (χ2n) is 8.68. The van der Waals surface area contributed by atoms with Gasteiger partial charge < -0.3 is 15.1 Å². The largest absolute Gasteiger partial charge is 0.336 e. The highest BCUT2D eigenvalue weighted by atomic mass is 32.2. The highest BCUT2D eigenvalue weighted by molar-refractivity contribution is 7.92. The van der Waals surface area contributed by atoms with Crippen LogP contribution in [-0.4, -0.2) is 67.5 Å². The van der Waals surface area contributed by atoms with Crippen molar-refractivity contribution >= 4 is 38.9 Å². The lowest BCUT2D eigenvalue weighted by molar-refractivity contribution is -0.132. The van der Waals surface area contributed by atoms with Crippen LogP contribution in [0, 0.1) is 13.8 Å². The molecule has 2 aromatic carbocycles. The number of sulfone groups is 1. The molecule has 0 spiro atoms. The third kappa shape index (κ3) is 5.50. The molecule has 1 fully saturated rings. The van der Waals surface area contributed by atoms with Crippen LogP contribution >= 0.6 is 11.3 Å². The molecule has 0 radical (unpaired) electrons. The SMILES string of the molecule is Cc1ccc(S(=O)(=O)[C@H](NC(=O)c2cccs2)C(=O)N2CCN(C(=O)c3cccc(C)c3)CC2)cc1. The van der Waals surface area contributed by atoms with E-state index in [0.29, 0.717) is 10.4 Å². The number of hydrogen-bond acceptors (Lipinski definition) is 6. The third-order valence-electron chi connectivity index (χ3n) is 6.03. The number of carbonyl (C=O) groups excluding carboxylic acids is 3. The summed E-state index contributed by atoms with van der Waals surface area (Å²) < 4.78 is 27.0. The monoisotopic (exact) mass is 525 g/mol. The van der Waals surface area contributed by atoms with E-state index in [1.54, 1.807) is 40.6 Å². The van der Waals surface area contributed by atoms with Crippen LogP contribution < -0.4 is 5.32 Å². The first-order chi connectivity index (χ1) is 17.2. The molecule has 4 rings (SSSR count). The van der Waals surface area contributed by atoms with Crippen LogP contribution in [0.1, 0.15) is 31.2 Å². The predicted octanol–water partition coefficient (Wildman–Crippen LogP) is 2.88. The summed E-state index contributed by atoms with van der Waals surface area (Å²) in [6, 6.07) is 16.7. The van der Waals surface area contributed by atoms with Crippen LogP contribution in [0.2, 0.25) is 0 Å². The quantitative estimate of drug-likeness (QED) is 0.533. The maximum absolute atomic E-state index is 13.5. The van der Waals surface area contributed by atoms with Gasteiger partial charge in [0.1, 0.15) is 0 Å². The Bertz CT molecular complexity index is 1360. The van der Waals surface area contributed by atoms with Crippen molar-refractivity contribution < 1.29 is 22.8 Å². The average Bonchev–Trinajstić information content (AvgIpc) is 3.42. The van der Waals surface area contributed by atoms with Gasteiger partial charge in [-0.15, -0.1) is 11.3 Å². The van der Waals surface area contributed by atoms with Gasteiger partial charge in [-0.25, -0.2) is 8.42 Å². The summed E-state index contributed by atoms with van der Waals surface area (Å²) in [6.07, 6.45) is 0. The number of nitrogens with zero attached hydrogens (tertiary/aromatic N) is 2. The van der Waals surface area contributed by atoms with Crippen molar-refractivity contribution in [2.24, 2.45) is 0 Å². The highest BCUT2D eigenvalue weighted by Gasteiger charge is 2.39. The smallest absolute Gasteiger partial charge is 0.262 e. The van der Waals surface area contributed by atoms with Gasteiger partial charge in [0.2, 0.25) is 15.2 Å². The molecule has 0 aliphatic carbocycles. The van der Waals surface area contributed by atoms with E-state index in [1.807, 2.05) is 32.0 Å². The molecule has 3 aromatic rings. The molecule has 1 N–H and O–H groups in total. The highest BCUT2D eigenvalue weighted by Crippen LogP contribution is 2.20. The van der Waals surface area contributed by atoms with Gasteiger partial charge in [-0.1, -0.05) is 41.5 Å². The van der Waals surface area contributed by atoms with Gasteiger partial charge in [0.25, 0.3) is 17.7 Å². The summed E-state index contributed by atoms with van der Waals surface area (Å²) in [5.41, 5.74) is 2.41. The molecule has 10 heteroatoms. The third-order valence-corrected chi connectivity index (χ3v) is 8.77. The Balaban J connectivity index is 1.53. The van der Waals surface area contributed by atoms with E-state index < -0.39 is 27.0 Å². The number of nitrogens with one attached hydrogen (secondary N) is 1. The van der Waals surface area contributed by atoms with E-state index in [0.717, 1.165) is 22.5 Å². The molecule has 1 atom stereocenters. The van der Waals surface area contributed by atoms with Gasteiger partial charge in [0, 0.05) is 31.7 Å². The molecule has 1 saturated heterocycles. The normalized spacial score (nSPS) is 14.8. The van der Waals surface area contributed by atoms with Crippen molar-refractivity contribution in [2.45, 2.75) is 24.1 Å². The van der Waals surface area contributed by atoms with Gasteiger partial charge >= 0.3 is 0 Å². The number of rotatable bonds is 6. The molecule has 0 unspecified atom stereocenters. The minimum atomic E-state index is -4.23. The first kappa shape index (κ1) is 25.6. The molecular weight excluding hydrogens is 498 g/mol. The Morgan fingerprint density at radius 3 is 2.14 bits per heavy atom. The molecule has 2 heterocycles. The Labute approximate surface area is 214 Å². The van der Waals surface area contributed by atoms with E-state index in [1.165, 1.54) is 17.0 Å². The molecule has 1 aromatic heterocycles. The van der Waals surface area contributed by atoms with Crippen LogP contribution in [0.15, 0.2) is 70.9 Å². The summed E-state index contributed by atoms with van der Waals surface area (Å²) in [6.45, 7) is 4.57. The number of thiophene rings is 1. The standard InChI is InChI=1S/C26H27N3O5S2/c1-18-8-10-21(11-9-18)36(33,34)24(27-23(30)22-7-4-16-35-22)26(32)29-14-12-28(13-15-29)25(31)20-6-3-5-19(2)17-20/h3-11,16-17,24H,12-15H2,1-2H3,(H,27,30)/t24-/m0/s1. The molecule has 3 amide bonds. The second kappa shape index (κ2) is 10.6. The van der Waals surface area contributed by atoms with Crippen molar-refractivity contribution in [2.75, 3.05) is 26.2 Å². The fraction of sp³-hybridized carbons (Fsp3) is 0.269. The number of hydrogen-bond donors (Lipinski definition) is 1. The van der Waals surface area contributed by atoms with Gasteiger partial charge in [-0.3, -0.25) is 14.4 Å². The van der Waals surface area contributed by atoms with Crippen LogP contribution in [0.5, 0.6) is 0 Å². The van der Waals surface area contributed by atoms with Crippen molar-refractivity contribution in [3.63, 3.8) is 0 Å². The summed E-state index contributed by atoms with van der Waals surface area (Å²) >= 11 is 1.16. The molecule has 36 heavy (non-hydrogen) atoms. The van der Waals surface area contributed by atoms with Crippen molar-refractivity contribution in [3.8, 4) is 0 Å². The summed E-state index contributed by atoms with van der Waals surface area (Å²) in [5, 5.41) is 2.36. The predicted molar refractivity (Wildman–Crippen MR) is 138 cm³/mol. The topological polar surface area (TPSA) is 104 Å². The van der Waals surface area contributed by atoms with Gasteiger partial charge in [0.15, 0.2) is 0 Å². The molecular formula is C26H27N3O5S2. The average molecular weight is 526 g/mol. The minimum absolute atomic E-state index is 0.0498. The number of aryl methyl sites for hydroxylation is 2. The van der Waals surface area contributed by atoms with Crippen molar-refractivity contribution in [1.82, 2.24) is 15.1 Å². The van der Waals surface area contributed by atoms with E-state index in [2.05, 4.69) is 5.32 Å². The number of carbonyl (C=O) groups is 3. The fourth-order valence-corrected chi connectivity index (χ4v) is 6.08. The van der Waals surface area contributed by atoms with E-state index in [-0.39, 0.29) is 37.0 Å². The van der Waals surface area contributed by atoms with Gasteiger partial charge in [-0.05, 0) is 49.6 Å². The van der Waals surface area contributed by atoms with Crippen molar-refractivity contribution in [3.05, 3.63) is 87.6 Å². The number of benzene rings is 2. The zero-order valence-electron chi connectivity index (χ0n) is 20.0. The van der Waals surface area contributed by atoms with Crippen LogP contribution in [0.4, 0.5) is 0 Å². The maximum Gasteiger partial charge on any atom is 0.262 e. The lowest BCUT2D eigenvalue weighted by atomic mass is 10.1. The molecule has 0 bridgehead atoms. The maximum atomic E-state index is 13.5. The minimum Gasteiger partial charge on any atom is -0.336 e. The first-order valence-electron chi connectivity index (χ1n) is 11.5. The Hall–Kier alpha value is -3.50. The van der Waals surface area contributed by atoms with Gasteiger partial charge in [0.05, 0.1) is 9.77 Å². The summed E-state index contributed by atoms with van der Waals surface area (Å²) in [7, 11) is -4.23. The zero-order valence-corrected chi connectivity index (χ0v) is 21.6. The first-order valence-corrected chi connectivity index (χ1v) is 13.9. The Morgan fingerprint density at radius 1 is 0.861 bits per heavy atom. The molecule has 188 valence electrons. The van der Waals surface area contributed by atoms with E-state index in [4.69, 9.17) is 0 Å². The number of amides is 3. The van der Waals surface area contributed by atoms with Crippen molar-refractivity contribution in [1.29, 1.82) is 0 Å². The van der Waals surface area contributed by atoms with Crippen LogP contribution in [0.3, 0.4) is 0 Å². The fourth-order valence-electron chi connectivity index (χ4n) is 3.99. The van der Waals surface area contributed by atoms with E-state index in [9.17, 15) is 22.8 Å². The Morgan fingerprint density at radius 2 is 1.53 bits per heavy atom. The summed E-state index contributed by atoms with van der Waals surface area (Å²) in [5.74, 6) is -1.49. The number of piperazine rings is 1. The van der Waals surface area contributed by atoms with Gasteiger partial charge in [-0.2, -0.15) is 0 Å². The molecule has 8 nitrogen and oxygen atoms in total. The zero-order chi connectivity index (χ0) is 25.9. The van der Waals surface area contributed by atoms with Crippen LogP contribution in [0.25, 0.3) is 0 Å². The molecule has 1 aliphatic rings. The molecule has 0 saturated carbocycles.